The number of rotatable bonds is 8. The minimum atomic E-state index is -0.238. The van der Waals surface area contributed by atoms with Crippen molar-refractivity contribution in [3.05, 3.63) is 17.7 Å². The van der Waals surface area contributed by atoms with Gasteiger partial charge >= 0.3 is 0 Å². The molecule has 2 rings (SSSR count). The molecule has 0 saturated carbocycles. The lowest BCUT2D eigenvalue weighted by Gasteiger charge is -2.22. The van der Waals surface area contributed by atoms with Gasteiger partial charge in [-0.15, -0.1) is 0 Å². The predicted molar refractivity (Wildman–Crippen MR) is 123 cm³/mol. The number of thiocarbonyl (C=S) groups is 1. The summed E-state index contributed by atoms with van der Waals surface area (Å²) in [5.74, 6) is 1.82. The molecule has 0 unspecified atom stereocenters. The normalized spacial score (nSPS) is 18.5. The maximum Gasteiger partial charge on any atom is 0.225 e. The van der Waals surface area contributed by atoms with Crippen LogP contribution in [0, 0.1) is 11.8 Å². The zero-order valence-corrected chi connectivity index (χ0v) is 19.9. The van der Waals surface area contributed by atoms with Crippen LogP contribution in [0.3, 0.4) is 0 Å². The standard InChI is InChI=1S/C22H35N3O4S/c1-13(2)10-23-21(26)17-12-25(22(30)24-14(3)4)11-16(17)15-8-18(27-5)20(29-7)19(9-15)28-6/h8-9,13-14,16-17H,10-12H2,1-7H3,(H,23,26)(H,24,30)/t16-,17+/m0/s1. The Labute approximate surface area is 185 Å². The number of likely N-dealkylation sites (tertiary alicyclic amines) is 1. The van der Waals surface area contributed by atoms with Crippen LogP contribution in [0.2, 0.25) is 0 Å². The van der Waals surface area contributed by atoms with Gasteiger partial charge in [0.25, 0.3) is 0 Å². The number of ether oxygens (including phenoxy) is 3. The Kier molecular flexibility index (Phi) is 8.58. The SMILES string of the molecule is COc1cc([C@@H]2CN(C(=S)NC(C)C)C[C@H]2C(=O)NCC(C)C)cc(OC)c1OC. The van der Waals surface area contributed by atoms with E-state index in [1.54, 1.807) is 21.3 Å². The van der Waals surface area contributed by atoms with Gasteiger partial charge in [0.2, 0.25) is 11.7 Å². The van der Waals surface area contributed by atoms with Crippen molar-refractivity contribution in [2.75, 3.05) is 41.0 Å². The zero-order valence-electron chi connectivity index (χ0n) is 19.1. The van der Waals surface area contributed by atoms with Crippen molar-refractivity contribution >= 4 is 23.2 Å². The largest absolute Gasteiger partial charge is 0.493 e. The molecule has 1 aliphatic rings. The van der Waals surface area contributed by atoms with E-state index in [1.165, 1.54) is 0 Å². The van der Waals surface area contributed by atoms with Crippen LogP contribution < -0.4 is 24.8 Å². The highest BCUT2D eigenvalue weighted by Crippen LogP contribution is 2.43. The van der Waals surface area contributed by atoms with Crippen LogP contribution in [0.25, 0.3) is 0 Å². The molecule has 8 heteroatoms. The molecule has 1 aliphatic heterocycles. The third kappa shape index (κ3) is 5.68. The highest BCUT2D eigenvalue weighted by molar-refractivity contribution is 7.80. The van der Waals surface area contributed by atoms with Crippen molar-refractivity contribution in [1.82, 2.24) is 15.5 Å². The van der Waals surface area contributed by atoms with E-state index < -0.39 is 0 Å². The molecule has 30 heavy (non-hydrogen) atoms. The quantitative estimate of drug-likeness (QED) is 0.606. The second-order valence-corrected chi connectivity index (χ2v) is 8.71. The third-order valence-corrected chi connectivity index (χ3v) is 5.53. The van der Waals surface area contributed by atoms with Crippen molar-refractivity contribution in [2.45, 2.75) is 39.7 Å². The maximum atomic E-state index is 13.1. The molecule has 0 bridgehead atoms. The fourth-order valence-electron chi connectivity index (χ4n) is 3.66. The van der Waals surface area contributed by atoms with Crippen LogP contribution in [-0.2, 0) is 4.79 Å². The minimum absolute atomic E-state index is 0.0392. The van der Waals surface area contributed by atoms with E-state index in [0.29, 0.717) is 47.9 Å². The lowest BCUT2D eigenvalue weighted by molar-refractivity contribution is -0.125. The maximum absolute atomic E-state index is 13.1. The van der Waals surface area contributed by atoms with Crippen LogP contribution >= 0.6 is 12.2 Å². The molecule has 1 heterocycles. The lowest BCUT2D eigenvalue weighted by Crippen LogP contribution is -2.42. The number of methoxy groups -OCH3 is 3. The van der Waals surface area contributed by atoms with Crippen LogP contribution in [0.5, 0.6) is 17.2 Å². The Morgan fingerprint density at radius 2 is 1.70 bits per heavy atom. The number of hydrogen-bond acceptors (Lipinski definition) is 5. The topological polar surface area (TPSA) is 72.1 Å². The van der Waals surface area contributed by atoms with Gasteiger partial charge in [-0.1, -0.05) is 13.8 Å². The molecular weight excluding hydrogens is 402 g/mol. The van der Waals surface area contributed by atoms with Gasteiger partial charge in [-0.05, 0) is 49.7 Å². The molecule has 2 N–H and O–H groups in total. The number of hydrogen-bond donors (Lipinski definition) is 2. The summed E-state index contributed by atoms with van der Waals surface area (Å²) in [6.07, 6.45) is 0. The number of carbonyl (C=O) groups excluding carboxylic acids is 1. The Balaban J connectivity index is 2.39. The summed E-state index contributed by atoms with van der Waals surface area (Å²) in [5, 5.41) is 7.04. The molecule has 1 amide bonds. The smallest absolute Gasteiger partial charge is 0.225 e. The molecule has 0 aromatic heterocycles. The molecular formula is C22H35N3O4S. The average Bonchev–Trinajstić information content (AvgIpc) is 3.16. The van der Waals surface area contributed by atoms with Crippen molar-refractivity contribution in [3.63, 3.8) is 0 Å². The van der Waals surface area contributed by atoms with Crippen LogP contribution in [0.15, 0.2) is 12.1 Å². The number of carbonyl (C=O) groups is 1. The summed E-state index contributed by atoms with van der Waals surface area (Å²) in [4.78, 5) is 15.1. The Hall–Kier alpha value is -2.22. The second-order valence-electron chi connectivity index (χ2n) is 8.32. The molecule has 7 nitrogen and oxygen atoms in total. The summed E-state index contributed by atoms with van der Waals surface area (Å²) in [7, 11) is 4.77. The fraction of sp³-hybridized carbons (Fsp3) is 0.636. The van der Waals surface area contributed by atoms with Crippen LogP contribution in [0.1, 0.15) is 39.2 Å². The summed E-state index contributed by atoms with van der Waals surface area (Å²) < 4.78 is 16.5. The molecule has 0 radical (unpaired) electrons. The number of nitrogens with one attached hydrogen (secondary N) is 2. The monoisotopic (exact) mass is 437 g/mol. The molecule has 0 spiro atoms. The van der Waals surface area contributed by atoms with E-state index in [4.69, 9.17) is 26.4 Å². The van der Waals surface area contributed by atoms with Gasteiger partial charge in [-0.2, -0.15) is 0 Å². The van der Waals surface area contributed by atoms with Gasteiger partial charge in [-0.25, -0.2) is 0 Å². The van der Waals surface area contributed by atoms with Crippen LogP contribution in [0.4, 0.5) is 0 Å². The molecule has 1 aromatic carbocycles. The number of amides is 1. The van der Waals surface area contributed by atoms with E-state index >= 15 is 0 Å². The summed E-state index contributed by atoms with van der Waals surface area (Å²) >= 11 is 5.59. The van der Waals surface area contributed by atoms with Gasteiger partial charge in [0.1, 0.15) is 0 Å². The first-order valence-corrected chi connectivity index (χ1v) is 10.8. The van der Waals surface area contributed by atoms with Crippen molar-refractivity contribution in [1.29, 1.82) is 0 Å². The van der Waals surface area contributed by atoms with Gasteiger partial charge in [0, 0.05) is 31.6 Å². The summed E-state index contributed by atoms with van der Waals surface area (Å²) in [6.45, 7) is 10.1. The number of benzene rings is 1. The fourth-order valence-corrected chi connectivity index (χ4v) is 4.05. The van der Waals surface area contributed by atoms with Crippen LogP contribution in [-0.4, -0.2) is 62.9 Å². The highest BCUT2D eigenvalue weighted by atomic mass is 32.1. The molecule has 1 saturated heterocycles. The molecule has 0 aliphatic carbocycles. The molecule has 2 atom stereocenters. The van der Waals surface area contributed by atoms with E-state index in [0.717, 1.165) is 5.56 Å². The summed E-state index contributed by atoms with van der Waals surface area (Å²) in [6, 6.07) is 4.08. The number of nitrogens with zero attached hydrogens (tertiary/aromatic N) is 1. The molecule has 168 valence electrons. The van der Waals surface area contributed by atoms with Crippen molar-refractivity contribution in [3.8, 4) is 17.2 Å². The van der Waals surface area contributed by atoms with E-state index in [2.05, 4.69) is 29.4 Å². The van der Waals surface area contributed by atoms with Gasteiger partial charge < -0.3 is 29.7 Å². The van der Waals surface area contributed by atoms with Gasteiger partial charge in [0.05, 0.1) is 27.2 Å². The molecule has 1 aromatic rings. The van der Waals surface area contributed by atoms with Gasteiger partial charge in [-0.3, -0.25) is 4.79 Å². The minimum Gasteiger partial charge on any atom is -0.493 e. The highest BCUT2D eigenvalue weighted by Gasteiger charge is 2.40. The van der Waals surface area contributed by atoms with Gasteiger partial charge in [0.15, 0.2) is 16.6 Å². The van der Waals surface area contributed by atoms with Crippen molar-refractivity contribution in [2.24, 2.45) is 11.8 Å². The first-order valence-electron chi connectivity index (χ1n) is 10.3. The Bertz CT molecular complexity index is 729. The Morgan fingerprint density at radius 1 is 1.10 bits per heavy atom. The molecule has 1 fully saturated rings. The lowest BCUT2D eigenvalue weighted by atomic mass is 9.87. The second kappa shape index (κ2) is 10.7. The van der Waals surface area contributed by atoms with E-state index in [9.17, 15) is 4.79 Å². The third-order valence-electron chi connectivity index (χ3n) is 5.16. The first kappa shape index (κ1) is 24.1. The zero-order chi connectivity index (χ0) is 22.4. The van der Waals surface area contributed by atoms with Crippen molar-refractivity contribution < 1.29 is 19.0 Å². The average molecular weight is 438 g/mol. The summed E-state index contributed by atoms with van der Waals surface area (Å²) in [5.41, 5.74) is 0.962. The first-order chi connectivity index (χ1) is 14.2. The van der Waals surface area contributed by atoms with E-state index in [1.807, 2.05) is 26.0 Å². The van der Waals surface area contributed by atoms with E-state index in [-0.39, 0.29) is 23.8 Å². The Morgan fingerprint density at radius 3 is 2.17 bits per heavy atom. The predicted octanol–water partition coefficient (Wildman–Crippen LogP) is 2.78.